The van der Waals surface area contributed by atoms with Crippen LogP contribution in [0.5, 0.6) is 0 Å². The molecule has 8 aromatic rings. The molecule has 10 rings (SSSR count). The highest BCUT2D eigenvalue weighted by Crippen LogP contribution is 2.53. The first kappa shape index (κ1) is 29.9. The van der Waals surface area contributed by atoms with E-state index in [1.54, 1.807) is 0 Å². The summed E-state index contributed by atoms with van der Waals surface area (Å²) in [5, 5.41) is 5.04. The van der Waals surface area contributed by atoms with Gasteiger partial charge in [0.25, 0.3) is 0 Å². The third-order valence-corrected chi connectivity index (χ3v) is 11.8. The van der Waals surface area contributed by atoms with Gasteiger partial charge in [-0.05, 0) is 114 Å². The van der Waals surface area contributed by atoms with E-state index in [2.05, 4.69) is 196 Å². The third-order valence-electron chi connectivity index (χ3n) is 11.8. The van der Waals surface area contributed by atoms with Crippen LogP contribution in [-0.4, -0.2) is 0 Å². The molecule has 2 aliphatic carbocycles. The first-order valence-corrected chi connectivity index (χ1v) is 18.1. The zero-order chi connectivity index (χ0) is 34.5. The van der Waals surface area contributed by atoms with Crippen molar-refractivity contribution in [2.75, 3.05) is 4.90 Å². The zero-order valence-corrected chi connectivity index (χ0v) is 29.5. The smallest absolute Gasteiger partial charge is 0.0546 e. The summed E-state index contributed by atoms with van der Waals surface area (Å²) in [5.74, 6) is 0. The van der Waals surface area contributed by atoms with Crippen LogP contribution in [0.15, 0.2) is 164 Å². The molecule has 0 fully saturated rings. The van der Waals surface area contributed by atoms with E-state index < -0.39 is 0 Å². The summed E-state index contributed by atoms with van der Waals surface area (Å²) in [6.07, 6.45) is 0. The molecular formula is C50H39N. The third kappa shape index (κ3) is 4.34. The molecule has 0 saturated carbocycles. The highest BCUT2D eigenvalue weighted by molar-refractivity contribution is 6.14. The van der Waals surface area contributed by atoms with E-state index >= 15 is 0 Å². The van der Waals surface area contributed by atoms with E-state index in [-0.39, 0.29) is 10.8 Å². The number of hydrogen-bond donors (Lipinski definition) is 0. The van der Waals surface area contributed by atoms with Crippen LogP contribution >= 0.6 is 0 Å². The fourth-order valence-corrected chi connectivity index (χ4v) is 9.15. The van der Waals surface area contributed by atoms with Crippen molar-refractivity contribution >= 4 is 38.6 Å². The summed E-state index contributed by atoms with van der Waals surface area (Å²) in [6, 6.07) is 61.0. The lowest BCUT2D eigenvalue weighted by atomic mass is 9.80. The first-order chi connectivity index (χ1) is 24.8. The number of para-hydroxylation sites is 1. The molecule has 0 spiro atoms. The van der Waals surface area contributed by atoms with Crippen LogP contribution in [0, 0.1) is 0 Å². The van der Waals surface area contributed by atoms with Crippen LogP contribution in [-0.2, 0) is 10.8 Å². The normalized spacial score (nSPS) is 14.6. The lowest BCUT2D eigenvalue weighted by molar-refractivity contribution is 0.659. The first-order valence-electron chi connectivity index (χ1n) is 18.1. The Morgan fingerprint density at radius 1 is 0.353 bits per heavy atom. The maximum Gasteiger partial charge on any atom is 0.0546 e. The van der Waals surface area contributed by atoms with Crippen LogP contribution in [0.1, 0.15) is 49.9 Å². The van der Waals surface area contributed by atoms with Crippen LogP contribution < -0.4 is 4.90 Å². The van der Waals surface area contributed by atoms with Crippen molar-refractivity contribution in [1.29, 1.82) is 0 Å². The molecular weight excluding hydrogens is 615 g/mol. The average Bonchev–Trinajstić information content (AvgIpc) is 3.54. The van der Waals surface area contributed by atoms with E-state index in [0.29, 0.717) is 0 Å². The number of anilines is 3. The van der Waals surface area contributed by atoms with Gasteiger partial charge in [-0.25, -0.2) is 0 Å². The van der Waals surface area contributed by atoms with Crippen LogP contribution in [0.3, 0.4) is 0 Å². The molecule has 0 amide bonds. The standard InChI is InChI=1S/C50H39N/c1-49(2)44-21-13-12-19-39(44)40-25-22-32(28-45(40)49)33-23-26-41-42-27-24-36(31-47(42)50(3,4)46(41)29-33)51(35-15-6-5-7-16-35)48-30-34-14-8-9-17-37(34)38-18-10-11-20-43(38)48/h5-31H,1-4H3. The van der Waals surface area contributed by atoms with Gasteiger partial charge in [0.1, 0.15) is 0 Å². The Morgan fingerprint density at radius 2 is 0.863 bits per heavy atom. The molecule has 244 valence electrons. The van der Waals surface area contributed by atoms with Crippen molar-refractivity contribution in [2.45, 2.75) is 38.5 Å². The quantitative estimate of drug-likeness (QED) is 0.171. The van der Waals surface area contributed by atoms with Gasteiger partial charge in [0.05, 0.1) is 5.69 Å². The van der Waals surface area contributed by atoms with Gasteiger partial charge in [-0.1, -0.05) is 149 Å². The van der Waals surface area contributed by atoms with E-state index in [1.165, 1.54) is 88.6 Å². The van der Waals surface area contributed by atoms with Gasteiger partial charge in [0.2, 0.25) is 0 Å². The van der Waals surface area contributed by atoms with Gasteiger partial charge in [-0.15, -0.1) is 0 Å². The molecule has 1 heteroatoms. The summed E-state index contributed by atoms with van der Waals surface area (Å²) >= 11 is 0. The van der Waals surface area contributed by atoms with Crippen LogP contribution in [0.25, 0.3) is 54.9 Å². The van der Waals surface area contributed by atoms with Gasteiger partial charge >= 0.3 is 0 Å². The number of fused-ring (bicyclic) bond motifs is 9. The monoisotopic (exact) mass is 653 g/mol. The van der Waals surface area contributed by atoms with Crippen molar-refractivity contribution in [3.63, 3.8) is 0 Å². The second-order valence-electron chi connectivity index (χ2n) is 15.4. The number of hydrogen-bond acceptors (Lipinski definition) is 1. The predicted octanol–water partition coefficient (Wildman–Crippen LogP) is 13.7. The summed E-state index contributed by atoms with van der Waals surface area (Å²) in [6.45, 7) is 9.51. The summed E-state index contributed by atoms with van der Waals surface area (Å²) in [7, 11) is 0. The zero-order valence-electron chi connectivity index (χ0n) is 29.5. The van der Waals surface area contributed by atoms with Gasteiger partial charge in [-0.3, -0.25) is 0 Å². The van der Waals surface area contributed by atoms with Crippen molar-refractivity contribution in [3.05, 3.63) is 186 Å². The Kier molecular flexibility index (Phi) is 6.34. The lowest BCUT2D eigenvalue weighted by Crippen LogP contribution is -2.17. The minimum Gasteiger partial charge on any atom is -0.310 e. The molecule has 0 aliphatic heterocycles. The molecule has 0 heterocycles. The van der Waals surface area contributed by atoms with Crippen LogP contribution in [0.2, 0.25) is 0 Å². The fourth-order valence-electron chi connectivity index (χ4n) is 9.15. The van der Waals surface area contributed by atoms with E-state index in [9.17, 15) is 0 Å². The SMILES string of the molecule is CC1(C)c2ccccc2-c2ccc(-c3ccc4c(c3)C(C)(C)c3cc(N(c5ccccc5)c5cc6ccccc6c6ccccc56)ccc3-4)cc21. The summed E-state index contributed by atoms with van der Waals surface area (Å²) in [4.78, 5) is 2.45. The Morgan fingerprint density at radius 3 is 1.57 bits per heavy atom. The molecule has 8 aromatic carbocycles. The molecule has 0 bridgehead atoms. The van der Waals surface area contributed by atoms with Crippen LogP contribution in [0.4, 0.5) is 17.1 Å². The van der Waals surface area contributed by atoms with E-state index in [1.807, 2.05) is 0 Å². The molecule has 51 heavy (non-hydrogen) atoms. The average molecular weight is 654 g/mol. The molecule has 0 radical (unpaired) electrons. The van der Waals surface area contributed by atoms with Gasteiger partial charge in [0, 0.05) is 27.6 Å². The molecule has 0 saturated heterocycles. The summed E-state index contributed by atoms with van der Waals surface area (Å²) in [5.41, 5.74) is 16.8. The number of nitrogens with zero attached hydrogens (tertiary/aromatic N) is 1. The maximum atomic E-state index is 2.46. The van der Waals surface area contributed by atoms with Crippen molar-refractivity contribution < 1.29 is 0 Å². The minimum atomic E-state index is -0.170. The second-order valence-corrected chi connectivity index (χ2v) is 15.4. The van der Waals surface area contributed by atoms with Gasteiger partial charge < -0.3 is 4.90 Å². The maximum absolute atomic E-state index is 2.46. The molecule has 0 aromatic heterocycles. The molecule has 0 unspecified atom stereocenters. The molecule has 0 atom stereocenters. The molecule has 1 nitrogen and oxygen atoms in total. The number of benzene rings is 8. The summed E-state index contributed by atoms with van der Waals surface area (Å²) < 4.78 is 0. The van der Waals surface area contributed by atoms with Crippen molar-refractivity contribution in [1.82, 2.24) is 0 Å². The molecule has 2 aliphatic rings. The number of rotatable bonds is 4. The fraction of sp³-hybridized carbons (Fsp3) is 0.120. The molecule has 0 N–H and O–H groups in total. The van der Waals surface area contributed by atoms with E-state index in [4.69, 9.17) is 0 Å². The highest BCUT2D eigenvalue weighted by atomic mass is 15.1. The minimum absolute atomic E-state index is 0.0223. The van der Waals surface area contributed by atoms with Crippen molar-refractivity contribution in [3.8, 4) is 33.4 Å². The Hall–Kier alpha value is -5.92. The highest BCUT2D eigenvalue weighted by Gasteiger charge is 2.38. The van der Waals surface area contributed by atoms with Crippen molar-refractivity contribution in [2.24, 2.45) is 0 Å². The lowest BCUT2D eigenvalue weighted by Gasteiger charge is -2.29. The Labute approximate surface area is 300 Å². The largest absolute Gasteiger partial charge is 0.310 e. The Bertz CT molecular complexity index is 2690. The predicted molar refractivity (Wildman–Crippen MR) is 217 cm³/mol. The van der Waals surface area contributed by atoms with Gasteiger partial charge in [0.15, 0.2) is 0 Å². The Balaban J connectivity index is 1.10. The second kappa shape index (κ2) is 10.8. The van der Waals surface area contributed by atoms with Gasteiger partial charge in [-0.2, -0.15) is 0 Å². The topological polar surface area (TPSA) is 3.24 Å². The van der Waals surface area contributed by atoms with E-state index in [0.717, 1.165) is 5.69 Å².